The minimum absolute atomic E-state index is 0.875. The van der Waals surface area contributed by atoms with Crippen LogP contribution in [0.2, 0.25) is 0 Å². The van der Waals surface area contributed by atoms with Gasteiger partial charge < -0.3 is 9.57 Å². The molecule has 1 aliphatic carbocycles. The van der Waals surface area contributed by atoms with E-state index < -0.39 is 0 Å². The maximum atomic E-state index is 5.34. The zero-order valence-corrected chi connectivity index (χ0v) is 9.12. The number of oxime groups is 1. The Kier molecular flexibility index (Phi) is 2.90. The molecule has 3 nitrogen and oxygen atoms in total. The lowest BCUT2D eigenvalue weighted by Crippen LogP contribution is -2.14. The topological polar surface area (TPSA) is 30.8 Å². The second-order valence-corrected chi connectivity index (χ2v) is 3.61. The van der Waals surface area contributed by atoms with Crippen molar-refractivity contribution < 1.29 is 9.57 Å². The molecule has 0 spiro atoms. The van der Waals surface area contributed by atoms with E-state index in [1.165, 1.54) is 11.1 Å². The fourth-order valence-corrected chi connectivity index (χ4v) is 2.04. The molecule has 0 bridgehead atoms. The highest BCUT2D eigenvalue weighted by Gasteiger charge is 2.17. The Hall–Kier alpha value is -1.51. The number of nitrogens with zero attached hydrogens (tertiary/aromatic N) is 1. The third-order valence-corrected chi connectivity index (χ3v) is 2.73. The van der Waals surface area contributed by atoms with Crippen LogP contribution in [-0.4, -0.2) is 19.9 Å². The zero-order chi connectivity index (χ0) is 10.7. The minimum atomic E-state index is 0.875. The van der Waals surface area contributed by atoms with E-state index in [0.29, 0.717) is 0 Å². The van der Waals surface area contributed by atoms with Gasteiger partial charge in [-0.25, -0.2) is 0 Å². The number of hydrogen-bond acceptors (Lipinski definition) is 3. The molecule has 0 radical (unpaired) electrons. The summed E-state index contributed by atoms with van der Waals surface area (Å²) in [5.41, 5.74) is 3.73. The van der Waals surface area contributed by atoms with E-state index in [4.69, 9.17) is 9.57 Å². The van der Waals surface area contributed by atoms with E-state index >= 15 is 0 Å². The van der Waals surface area contributed by atoms with Crippen molar-refractivity contribution in [3.05, 3.63) is 29.3 Å². The highest BCUT2D eigenvalue weighted by molar-refractivity contribution is 5.88. The van der Waals surface area contributed by atoms with Gasteiger partial charge in [0.05, 0.1) is 12.8 Å². The van der Waals surface area contributed by atoms with Gasteiger partial charge in [-0.2, -0.15) is 0 Å². The lowest BCUT2D eigenvalue weighted by Gasteiger charge is -2.19. The number of fused-ring (bicyclic) bond motifs is 1. The molecular weight excluding hydrogens is 190 g/mol. The van der Waals surface area contributed by atoms with E-state index in [2.05, 4.69) is 11.2 Å². The van der Waals surface area contributed by atoms with Crippen LogP contribution in [0.3, 0.4) is 0 Å². The maximum Gasteiger partial charge on any atom is 0.122 e. The summed E-state index contributed by atoms with van der Waals surface area (Å²) in [6, 6.07) is 6.16. The average Bonchev–Trinajstić information content (AvgIpc) is 2.28. The van der Waals surface area contributed by atoms with Gasteiger partial charge in [0.2, 0.25) is 0 Å². The predicted molar refractivity (Wildman–Crippen MR) is 59.5 cm³/mol. The van der Waals surface area contributed by atoms with Crippen molar-refractivity contribution in [1.29, 1.82) is 0 Å². The number of hydrogen-bond donors (Lipinski definition) is 0. The van der Waals surface area contributed by atoms with Crippen molar-refractivity contribution in [2.45, 2.75) is 19.3 Å². The Morgan fingerprint density at radius 1 is 1.20 bits per heavy atom. The summed E-state index contributed by atoms with van der Waals surface area (Å²) in [7, 11) is 3.31. The molecule has 0 unspecified atom stereocenters. The highest BCUT2D eigenvalue weighted by atomic mass is 16.6. The molecule has 15 heavy (non-hydrogen) atoms. The first kappa shape index (κ1) is 10.0. The maximum absolute atomic E-state index is 5.34. The normalized spacial score (nSPS) is 17.3. The first-order valence-electron chi connectivity index (χ1n) is 5.09. The second-order valence-electron chi connectivity index (χ2n) is 3.61. The Morgan fingerprint density at radius 3 is 2.80 bits per heavy atom. The molecule has 0 aromatic heterocycles. The molecule has 0 saturated heterocycles. The summed E-state index contributed by atoms with van der Waals surface area (Å²) < 4.78 is 5.34. The third kappa shape index (κ3) is 1.96. The summed E-state index contributed by atoms with van der Waals surface area (Å²) in [6.45, 7) is 0. The van der Waals surface area contributed by atoms with Gasteiger partial charge in [0.15, 0.2) is 0 Å². The van der Waals surface area contributed by atoms with Gasteiger partial charge >= 0.3 is 0 Å². The summed E-state index contributed by atoms with van der Waals surface area (Å²) in [5.74, 6) is 0.990. The molecule has 0 N–H and O–H groups in total. The number of methoxy groups -OCH3 is 1. The fraction of sp³-hybridized carbons (Fsp3) is 0.417. The molecule has 1 aliphatic rings. The van der Waals surface area contributed by atoms with Gasteiger partial charge in [-0.05, 0) is 30.0 Å². The molecule has 3 heteroatoms. The molecule has 0 aliphatic heterocycles. The summed E-state index contributed by atoms with van der Waals surface area (Å²) in [4.78, 5) is 4.81. The summed E-state index contributed by atoms with van der Waals surface area (Å²) in [5, 5.41) is 4.01. The average molecular weight is 205 g/mol. The van der Waals surface area contributed by atoms with Crippen LogP contribution in [0.25, 0.3) is 0 Å². The van der Waals surface area contributed by atoms with E-state index in [0.717, 1.165) is 30.7 Å². The van der Waals surface area contributed by atoms with Crippen molar-refractivity contribution in [1.82, 2.24) is 0 Å². The van der Waals surface area contributed by atoms with Crippen molar-refractivity contribution in [2.75, 3.05) is 14.2 Å². The lowest BCUT2D eigenvalue weighted by atomic mass is 9.90. The van der Waals surface area contributed by atoms with Crippen molar-refractivity contribution in [3.8, 4) is 5.75 Å². The van der Waals surface area contributed by atoms with Gasteiger partial charge in [-0.3, -0.25) is 0 Å². The van der Waals surface area contributed by atoms with Gasteiger partial charge in [-0.1, -0.05) is 17.3 Å². The molecule has 0 heterocycles. The second kappa shape index (κ2) is 4.34. The zero-order valence-electron chi connectivity index (χ0n) is 9.12. The van der Waals surface area contributed by atoms with E-state index in [-0.39, 0.29) is 0 Å². The summed E-state index contributed by atoms with van der Waals surface area (Å²) >= 11 is 0. The van der Waals surface area contributed by atoms with Gasteiger partial charge in [0, 0.05) is 6.42 Å². The molecule has 0 amide bonds. The first-order valence-corrected chi connectivity index (χ1v) is 5.09. The van der Waals surface area contributed by atoms with Gasteiger partial charge in [0.1, 0.15) is 12.9 Å². The van der Waals surface area contributed by atoms with Crippen LogP contribution in [0.15, 0.2) is 23.4 Å². The standard InChI is InChI=1S/C12H15NO2/c1-14-12-5-3-4-9-8-10(13-15-2)6-7-11(9)12/h3-5H,6-8H2,1-2H3/b13-10-. The van der Waals surface area contributed by atoms with Crippen molar-refractivity contribution in [2.24, 2.45) is 5.16 Å². The minimum Gasteiger partial charge on any atom is -0.496 e. The highest BCUT2D eigenvalue weighted by Crippen LogP contribution is 2.28. The van der Waals surface area contributed by atoms with Crippen LogP contribution in [0, 0.1) is 0 Å². The first-order chi connectivity index (χ1) is 7.35. The SMILES string of the molecule is CO/N=C1/CCc2c(cccc2OC)C1. The van der Waals surface area contributed by atoms with Crippen LogP contribution < -0.4 is 4.74 Å². The van der Waals surface area contributed by atoms with Gasteiger partial charge in [0.25, 0.3) is 0 Å². The largest absolute Gasteiger partial charge is 0.496 e. The molecule has 1 aromatic rings. The molecule has 0 fully saturated rings. The Morgan fingerprint density at radius 2 is 2.07 bits per heavy atom. The molecule has 0 saturated carbocycles. The summed E-state index contributed by atoms with van der Waals surface area (Å²) in [6.07, 6.45) is 2.82. The van der Waals surface area contributed by atoms with E-state index in [1.807, 2.05) is 12.1 Å². The number of rotatable bonds is 2. The Balaban J connectivity index is 2.31. The van der Waals surface area contributed by atoms with Crippen LogP contribution >= 0.6 is 0 Å². The quantitative estimate of drug-likeness (QED) is 0.693. The predicted octanol–water partition coefficient (Wildman–Crippen LogP) is 2.19. The molecule has 1 aromatic carbocycles. The molecule has 80 valence electrons. The van der Waals surface area contributed by atoms with Gasteiger partial charge in [-0.15, -0.1) is 0 Å². The van der Waals surface area contributed by atoms with Crippen LogP contribution in [0.5, 0.6) is 5.75 Å². The number of ether oxygens (including phenoxy) is 1. The monoisotopic (exact) mass is 205 g/mol. The fourth-order valence-electron chi connectivity index (χ4n) is 2.04. The smallest absolute Gasteiger partial charge is 0.122 e. The van der Waals surface area contributed by atoms with Crippen LogP contribution in [-0.2, 0) is 17.7 Å². The Bertz CT molecular complexity index is 385. The van der Waals surface area contributed by atoms with E-state index in [9.17, 15) is 0 Å². The molecule has 2 rings (SSSR count). The molecular formula is C12H15NO2. The van der Waals surface area contributed by atoms with Crippen molar-refractivity contribution >= 4 is 5.71 Å². The van der Waals surface area contributed by atoms with Crippen molar-refractivity contribution in [3.63, 3.8) is 0 Å². The van der Waals surface area contributed by atoms with Crippen LogP contribution in [0.4, 0.5) is 0 Å². The lowest BCUT2D eigenvalue weighted by molar-refractivity contribution is 0.211. The molecule has 0 atom stereocenters. The third-order valence-electron chi connectivity index (χ3n) is 2.73. The van der Waals surface area contributed by atoms with E-state index in [1.54, 1.807) is 14.2 Å². The van der Waals surface area contributed by atoms with Crippen LogP contribution in [0.1, 0.15) is 17.5 Å². The Labute approximate surface area is 89.7 Å². The number of benzene rings is 1.